The lowest BCUT2D eigenvalue weighted by Gasteiger charge is -2.32. The number of hydrogen-bond acceptors (Lipinski definition) is 5. The minimum atomic E-state index is -0.622. The lowest BCUT2D eigenvalue weighted by molar-refractivity contribution is 0.0910. The van der Waals surface area contributed by atoms with Crippen LogP contribution in [0.1, 0.15) is 42.1 Å². The van der Waals surface area contributed by atoms with Gasteiger partial charge in [0, 0.05) is 13.1 Å². The Balaban J connectivity index is 1.61. The van der Waals surface area contributed by atoms with Crippen LogP contribution in [-0.2, 0) is 0 Å². The summed E-state index contributed by atoms with van der Waals surface area (Å²) in [5.74, 6) is 1.26. The Labute approximate surface area is 128 Å². The molecule has 5 nitrogen and oxygen atoms in total. The molecule has 3 rings (SSSR count). The number of hydrogen-bond donors (Lipinski definition) is 1. The van der Waals surface area contributed by atoms with E-state index in [1.807, 2.05) is 6.92 Å². The molecule has 22 heavy (non-hydrogen) atoms. The predicted molar refractivity (Wildman–Crippen MR) is 78.8 cm³/mol. The van der Waals surface area contributed by atoms with E-state index in [1.165, 1.54) is 12.1 Å². The highest BCUT2D eigenvalue weighted by Crippen LogP contribution is 2.27. The number of aliphatic hydroxyl groups is 1. The van der Waals surface area contributed by atoms with Crippen LogP contribution in [0.25, 0.3) is 0 Å². The summed E-state index contributed by atoms with van der Waals surface area (Å²) >= 11 is 0. The van der Waals surface area contributed by atoms with Gasteiger partial charge in [0.1, 0.15) is 5.82 Å². The van der Waals surface area contributed by atoms with Crippen molar-refractivity contribution < 1.29 is 14.0 Å². The number of aromatic nitrogens is 2. The molecule has 1 saturated heterocycles. The van der Waals surface area contributed by atoms with Gasteiger partial charge in [0.2, 0.25) is 5.89 Å². The van der Waals surface area contributed by atoms with Gasteiger partial charge in [-0.1, -0.05) is 17.3 Å². The number of halogens is 1. The van der Waals surface area contributed by atoms with E-state index in [4.69, 9.17) is 4.52 Å². The number of rotatable bonds is 4. The first-order chi connectivity index (χ1) is 10.6. The number of aryl methyl sites for hydroxylation is 1. The van der Waals surface area contributed by atoms with Gasteiger partial charge in [-0.05, 0) is 44.0 Å². The molecule has 1 aromatic carbocycles. The summed E-state index contributed by atoms with van der Waals surface area (Å²) < 4.78 is 18.2. The van der Waals surface area contributed by atoms with Crippen molar-refractivity contribution in [2.24, 2.45) is 0 Å². The summed E-state index contributed by atoms with van der Waals surface area (Å²) in [5, 5.41) is 14.2. The molecule has 0 radical (unpaired) electrons. The number of β-amino-alcohol motifs (C(OH)–C–C–N with tert-alkyl or cyclic N) is 1. The molecule has 6 heteroatoms. The highest BCUT2D eigenvalue weighted by molar-refractivity contribution is 5.18. The fraction of sp³-hybridized carbons (Fsp3) is 0.500. The average molecular weight is 305 g/mol. The molecule has 2 atom stereocenters. The van der Waals surface area contributed by atoms with Crippen molar-refractivity contribution in [3.8, 4) is 0 Å². The molecule has 118 valence electrons. The lowest BCUT2D eigenvalue weighted by Crippen LogP contribution is -2.37. The molecular formula is C16H20FN3O2. The van der Waals surface area contributed by atoms with Gasteiger partial charge in [-0.2, -0.15) is 4.98 Å². The first kappa shape index (κ1) is 15.1. The zero-order chi connectivity index (χ0) is 15.5. The second kappa shape index (κ2) is 6.54. The highest BCUT2D eigenvalue weighted by Gasteiger charge is 2.26. The van der Waals surface area contributed by atoms with Crippen LogP contribution in [0.4, 0.5) is 4.39 Å². The van der Waals surface area contributed by atoms with Gasteiger partial charge in [0.15, 0.2) is 5.82 Å². The summed E-state index contributed by atoms with van der Waals surface area (Å²) in [5.41, 5.74) is 0.733. The Bertz CT molecular complexity index is 614. The van der Waals surface area contributed by atoms with Crippen LogP contribution in [0.5, 0.6) is 0 Å². The van der Waals surface area contributed by atoms with Crippen molar-refractivity contribution in [1.29, 1.82) is 0 Å². The number of nitrogens with zero attached hydrogens (tertiary/aromatic N) is 3. The first-order valence-electron chi connectivity index (χ1n) is 7.58. The molecule has 2 heterocycles. The van der Waals surface area contributed by atoms with Gasteiger partial charge in [0.05, 0.1) is 12.0 Å². The quantitative estimate of drug-likeness (QED) is 0.940. The van der Waals surface area contributed by atoms with E-state index >= 15 is 0 Å². The van der Waals surface area contributed by atoms with Gasteiger partial charge in [-0.3, -0.25) is 4.90 Å². The molecule has 1 N–H and O–H groups in total. The van der Waals surface area contributed by atoms with Crippen LogP contribution in [0.15, 0.2) is 28.8 Å². The third-order valence-electron chi connectivity index (χ3n) is 4.08. The standard InChI is InChI=1S/C16H20FN3O2/c1-11-18-16(22-19-11)13-3-2-8-20(9-13)10-15(21)12-4-6-14(17)7-5-12/h4-7,13,15,21H,2-3,8-10H2,1H3/t13-,15+/m0/s1. The van der Waals surface area contributed by atoms with Crippen LogP contribution in [0.3, 0.4) is 0 Å². The van der Waals surface area contributed by atoms with Crippen molar-refractivity contribution in [2.45, 2.75) is 31.8 Å². The third-order valence-corrected chi connectivity index (χ3v) is 4.08. The predicted octanol–water partition coefficient (Wildman–Crippen LogP) is 2.43. The SMILES string of the molecule is Cc1noc([C@H]2CCCN(C[C@@H](O)c3ccc(F)cc3)C2)n1. The van der Waals surface area contributed by atoms with Crippen LogP contribution in [0, 0.1) is 12.7 Å². The molecule has 0 spiro atoms. The fourth-order valence-electron chi connectivity index (χ4n) is 2.94. The van der Waals surface area contributed by atoms with E-state index in [1.54, 1.807) is 12.1 Å². The van der Waals surface area contributed by atoms with Crippen molar-refractivity contribution in [2.75, 3.05) is 19.6 Å². The molecule has 0 aliphatic carbocycles. The normalized spacial score (nSPS) is 21.0. The topological polar surface area (TPSA) is 62.4 Å². The van der Waals surface area contributed by atoms with Crippen molar-refractivity contribution in [3.63, 3.8) is 0 Å². The Morgan fingerprint density at radius 2 is 2.18 bits per heavy atom. The average Bonchev–Trinajstić information content (AvgIpc) is 2.95. The van der Waals surface area contributed by atoms with Gasteiger partial charge in [0.25, 0.3) is 0 Å². The Morgan fingerprint density at radius 3 is 2.86 bits per heavy atom. The van der Waals surface area contributed by atoms with E-state index in [-0.39, 0.29) is 11.7 Å². The van der Waals surface area contributed by atoms with E-state index < -0.39 is 6.10 Å². The molecular weight excluding hydrogens is 285 g/mol. The van der Waals surface area contributed by atoms with Crippen molar-refractivity contribution >= 4 is 0 Å². The fourth-order valence-corrected chi connectivity index (χ4v) is 2.94. The number of aliphatic hydroxyl groups excluding tert-OH is 1. The minimum absolute atomic E-state index is 0.218. The van der Waals surface area contributed by atoms with Crippen LogP contribution >= 0.6 is 0 Å². The maximum Gasteiger partial charge on any atom is 0.231 e. The molecule has 0 unspecified atom stereocenters. The molecule has 1 aromatic heterocycles. The van der Waals surface area contributed by atoms with Gasteiger partial charge in [-0.25, -0.2) is 4.39 Å². The smallest absolute Gasteiger partial charge is 0.231 e. The monoisotopic (exact) mass is 305 g/mol. The Morgan fingerprint density at radius 1 is 1.41 bits per heavy atom. The molecule has 2 aromatic rings. The van der Waals surface area contributed by atoms with Gasteiger partial charge >= 0.3 is 0 Å². The Hall–Kier alpha value is -1.79. The largest absolute Gasteiger partial charge is 0.387 e. The van der Waals surface area contributed by atoms with E-state index in [2.05, 4.69) is 15.0 Å². The van der Waals surface area contributed by atoms with Gasteiger partial charge in [-0.15, -0.1) is 0 Å². The highest BCUT2D eigenvalue weighted by atomic mass is 19.1. The number of benzene rings is 1. The van der Waals surface area contributed by atoms with Crippen LogP contribution in [0.2, 0.25) is 0 Å². The maximum atomic E-state index is 12.9. The second-order valence-corrected chi connectivity index (χ2v) is 5.85. The zero-order valence-electron chi connectivity index (χ0n) is 12.6. The summed E-state index contributed by atoms with van der Waals surface area (Å²) in [6.07, 6.45) is 1.43. The molecule has 1 aliphatic rings. The molecule has 0 amide bonds. The van der Waals surface area contributed by atoms with Crippen molar-refractivity contribution in [3.05, 3.63) is 47.4 Å². The first-order valence-corrected chi connectivity index (χ1v) is 7.58. The molecule has 1 aliphatic heterocycles. The summed E-state index contributed by atoms with van der Waals surface area (Å²) in [6, 6.07) is 6.00. The third kappa shape index (κ3) is 3.51. The summed E-state index contributed by atoms with van der Waals surface area (Å²) in [7, 11) is 0. The zero-order valence-corrected chi connectivity index (χ0v) is 12.6. The molecule has 0 bridgehead atoms. The van der Waals surface area contributed by atoms with E-state index in [9.17, 15) is 9.50 Å². The summed E-state index contributed by atoms with van der Waals surface area (Å²) in [4.78, 5) is 6.50. The second-order valence-electron chi connectivity index (χ2n) is 5.85. The van der Waals surface area contributed by atoms with Gasteiger partial charge < -0.3 is 9.63 Å². The minimum Gasteiger partial charge on any atom is -0.387 e. The van der Waals surface area contributed by atoms with Crippen molar-refractivity contribution in [1.82, 2.24) is 15.0 Å². The summed E-state index contributed by atoms with van der Waals surface area (Å²) in [6.45, 7) is 4.06. The lowest BCUT2D eigenvalue weighted by atomic mass is 9.97. The van der Waals surface area contributed by atoms with Crippen LogP contribution < -0.4 is 0 Å². The molecule has 1 fully saturated rings. The number of likely N-dealkylation sites (tertiary alicyclic amines) is 1. The van der Waals surface area contributed by atoms with Crippen LogP contribution in [-0.4, -0.2) is 39.8 Å². The number of piperidine rings is 1. The van der Waals surface area contributed by atoms with E-state index in [0.29, 0.717) is 18.3 Å². The Kier molecular flexibility index (Phi) is 4.49. The van der Waals surface area contributed by atoms with E-state index in [0.717, 1.165) is 31.5 Å². The molecule has 0 saturated carbocycles. The maximum absolute atomic E-state index is 12.9.